The van der Waals surface area contributed by atoms with E-state index in [0.717, 1.165) is 0 Å². The summed E-state index contributed by atoms with van der Waals surface area (Å²) >= 11 is 2.11. The Morgan fingerprint density at radius 1 is 1.67 bits per heavy atom. The summed E-state index contributed by atoms with van der Waals surface area (Å²) in [7, 11) is 0. The molecule has 0 spiro atoms. The minimum Gasteiger partial charge on any atom is -0.494 e. The predicted molar refractivity (Wildman–Crippen MR) is 45.2 cm³/mol. The molecule has 9 heavy (non-hydrogen) atoms. The smallest absolute Gasteiger partial charge is 0.192 e. The molecule has 1 N–H and O–H groups in total. The van der Waals surface area contributed by atoms with Crippen LogP contribution in [0.3, 0.4) is 0 Å². The van der Waals surface area contributed by atoms with Gasteiger partial charge in [-0.2, -0.15) is 0 Å². The summed E-state index contributed by atoms with van der Waals surface area (Å²) in [6.07, 6.45) is 1.87. The van der Waals surface area contributed by atoms with E-state index in [2.05, 4.69) is 36.7 Å². The molecule has 0 aromatic heterocycles. The van der Waals surface area contributed by atoms with Crippen molar-refractivity contribution in [2.24, 2.45) is 5.92 Å². The Kier molecular flexibility index (Phi) is 1.88. The normalized spacial score (nSPS) is 35.0. The van der Waals surface area contributed by atoms with Crippen LogP contribution in [0.2, 0.25) is 0 Å². The fraction of sp³-hybridized carbons (Fsp3) is 0.667. The number of rotatable bonds is 0. The first kappa shape index (κ1) is 7.18. The molecule has 52 valence electrons. The SMILES string of the molecule is CC1C=C(O)N(I)C1C. The molecule has 0 amide bonds. The molecule has 0 bridgehead atoms. The van der Waals surface area contributed by atoms with Crippen molar-refractivity contribution in [1.82, 2.24) is 3.11 Å². The zero-order valence-corrected chi connectivity index (χ0v) is 7.66. The Labute approximate surface area is 69.0 Å². The van der Waals surface area contributed by atoms with Crippen molar-refractivity contribution in [3.63, 3.8) is 0 Å². The highest BCUT2D eigenvalue weighted by Crippen LogP contribution is 2.27. The molecule has 1 heterocycles. The molecule has 0 fully saturated rings. The average molecular weight is 239 g/mol. The highest BCUT2D eigenvalue weighted by Gasteiger charge is 2.25. The Morgan fingerprint density at radius 2 is 2.22 bits per heavy atom. The average Bonchev–Trinajstić information content (AvgIpc) is 1.98. The standard InChI is InChI=1S/C6H10INO/c1-4-3-6(9)8(7)5(4)2/h3-5,9H,1-2H3. The van der Waals surface area contributed by atoms with Crippen LogP contribution in [-0.4, -0.2) is 14.3 Å². The lowest BCUT2D eigenvalue weighted by Crippen LogP contribution is -2.20. The van der Waals surface area contributed by atoms with Crippen molar-refractivity contribution >= 4 is 22.9 Å². The number of nitrogens with zero attached hydrogens (tertiary/aromatic N) is 1. The largest absolute Gasteiger partial charge is 0.494 e. The van der Waals surface area contributed by atoms with E-state index >= 15 is 0 Å². The van der Waals surface area contributed by atoms with Crippen molar-refractivity contribution in [3.05, 3.63) is 12.0 Å². The number of halogens is 1. The first-order valence-electron chi connectivity index (χ1n) is 2.98. The van der Waals surface area contributed by atoms with Gasteiger partial charge in [0.1, 0.15) is 0 Å². The molecule has 0 aliphatic carbocycles. The van der Waals surface area contributed by atoms with E-state index in [0.29, 0.717) is 17.8 Å². The quantitative estimate of drug-likeness (QED) is 0.516. The summed E-state index contributed by atoms with van der Waals surface area (Å²) < 4.78 is 1.85. The number of aliphatic hydroxyl groups excluding tert-OH is 1. The maximum absolute atomic E-state index is 9.12. The maximum atomic E-state index is 9.12. The van der Waals surface area contributed by atoms with E-state index in [4.69, 9.17) is 5.11 Å². The summed E-state index contributed by atoms with van der Waals surface area (Å²) in [5.41, 5.74) is 0. The molecule has 1 rings (SSSR count). The van der Waals surface area contributed by atoms with Crippen LogP contribution in [-0.2, 0) is 0 Å². The lowest BCUT2D eigenvalue weighted by atomic mass is 10.1. The van der Waals surface area contributed by atoms with Crippen molar-refractivity contribution in [3.8, 4) is 0 Å². The van der Waals surface area contributed by atoms with Crippen LogP contribution in [0.1, 0.15) is 13.8 Å². The van der Waals surface area contributed by atoms with Crippen LogP contribution in [0.4, 0.5) is 0 Å². The summed E-state index contributed by atoms with van der Waals surface area (Å²) in [5.74, 6) is 0.873. The monoisotopic (exact) mass is 239 g/mol. The van der Waals surface area contributed by atoms with Crippen molar-refractivity contribution in [1.29, 1.82) is 0 Å². The second kappa shape index (κ2) is 2.36. The molecule has 0 saturated carbocycles. The number of hydrogen-bond acceptors (Lipinski definition) is 2. The minimum absolute atomic E-state index is 0.399. The summed E-state index contributed by atoms with van der Waals surface area (Å²) in [6, 6.07) is 0.436. The molecular formula is C6H10INO. The van der Waals surface area contributed by atoms with Gasteiger partial charge in [-0.25, -0.2) is 0 Å². The van der Waals surface area contributed by atoms with Gasteiger partial charge in [0.15, 0.2) is 5.88 Å². The van der Waals surface area contributed by atoms with Gasteiger partial charge in [-0.05, 0) is 13.0 Å². The lowest BCUT2D eigenvalue weighted by molar-refractivity contribution is 0.294. The van der Waals surface area contributed by atoms with E-state index < -0.39 is 0 Å². The van der Waals surface area contributed by atoms with E-state index in [9.17, 15) is 0 Å². The molecule has 0 radical (unpaired) electrons. The second-order valence-electron chi connectivity index (χ2n) is 2.44. The second-order valence-corrected chi connectivity index (χ2v) is 3.48. The fourth-order valence-electron chi connectivity index (χ4n) is 0.861. The van der Waals surface area contributed by atoms with E-state index in [1.54, 1.807) is 0 Å². The molecular weight excluding hydrogens is 229 g/mol. The highest BCUT2D eigenvalue weighted by atomic mass is 127. The molecule has 2 nitrogen and oxygen atoms in total. The van der Waals surface area contributed by atoms with Crippen molar-refractivity contribution in [2.45, 2.75) is 19.9 Å². The number of aliphatic hydroxyl groups is 1. The van der Waals surface area contributed by atoms with Gasteiger partial charge in [0.2, 0.25) is 0 Å². The van der Waals surface area contributed by atoms with Crippen LogP contribution in [0, 0.1) is 5.92 Å². The van der Waals surface area contributed by atoms with E-state index in [1.165, 1.54) is 0 Å². The van der Waals surface area contributed by atoms with Gasteiger partial charge in [0.25, 0.3) is 0 Å². The Bertz CT molecular complexity index is 146. The first-order valence-corrected chi connectivity index (χ1v) is 3.95. The summed E-state index contributed by atoms with van der Waals surface area (Å²) in [4.78, 5) is 0. The molecule has 1 aliphatic rings. The zero-order valence-electron chi connectivity index (χ0n) is 5.50. The van der Waals surface area contributed by atoms with Gasteiger partial charge >= 0.3 is 0 Å². The summed E-state index contributed by atoms with van der Waals surface area (Å²) in [5, 5.41) is 9.12. The van der Waals surface area contributed by atoms with Crippen LogP contribution < -0.4 is 0 Å². The van der Waals surface area contributed by atoms with Gasteiger partial charge in [0, 0.05) is 12.0 Å². The Balaban J connectivity index is 2.70. The van der Waals surface area contributed by atoms with E-state index in [-0.39, 0.29) is 0 Å². The fourth-order valence-corrected chi connectivity index (χ4v) is 1.53. The highest BCUT2D eigenvalue weighted by molar-refractivity contribution is 14.1. The van der Waals surface area contributed by atoms with Gasteiger partial charge < -0.3 is 5.11 Å². The van der Waals surface area contributed by atoms with Gasteiger partial charge in [-0.3, -0.25) is 3.11 Å². The van der Waals surface area contributed by atoms with Crippen LogP contribution >= 0.6 is 22.9 Å². The maximum Gasteiger partial charge on any atom is 0.192 e. The molecule has 3 heteroatoms. The van der Waals surface area contributed by atoms with Crippen LogP contribution in [0.5, 0.6) is 0 Å². The van der Waals surface area contributed by atoms with Gasteiger partial charge in [-0.1, -0.05) is 6.92 Å². The molecule has 0 aromatic rings. The third-order valence-corrected chi connectivity index (χ3v) is 3.12. The Morgan fingerprint density at radius 3 is 2.33 bits per heavy atom. The number of hydrogen-bond donors (Lipinski definition) is 1. The van der Waals surface area contributed by atoms with Gasteiger partial charge in [0.05, 0.1) is 22.9 Å². The van der Waals surface area contributed by atoms with Crippen molar-refractivity contribution < 1.29 is 5.11 Å². The molecule has 0 saturated heterocycles. The molecule has 1 aliphatic heterocycles. The third-order valence-electron chi connectivity index (χ3n) is 1.75. The minimum atomic E-state index is 0.399. The van der Waals surface area contributed by atoms with E-state index in [1.807, 2.05) is 9.19 Å². The molecule has 2 unspecified atom stereocenters. The van der Waals surface area contributed by atoms with Crippen LogP contribution in [0.15, 0.2) is 12.0 Å². The van der Waals surface area contributed by atoms with Gasteiger partial charge in [-0.15, -0.1) is 0 Å². The predicted octanol–water partition coefficient (Wildman–Crippen LogP) is 2.08. The molecule has 0 aromatic carbocycles. The lowest BCUT2D eigenvalue weighted by Gasteiger charge is -2.17. The molecule has 2 atom stereocenters. The third kappa shape index (κ3) is 1.15. The van der Waals surface area contributed by atoms with Crippen molar-refractivity contribution in [2.75, 3.05) is 0 Å². The summed E-state index contributed by atoms with van der Waals surface area (Å²) in [6.45, 7) is 4.19. The topological polar surface area (TPSA) is 23.5 Å². The zero-order chi connectivity index (χ0) is 7.02. The Hall–Kier alpha value is 0.0700. The van der Waals surface area contributed by atoms with Crippen LogP contribution in [0.25, 0.3) is 0 Å². The first-order chi connectivity index (χ1) is 4.13.